The van der Waals surface area contributed by atoms with E-state index in [4.69, 9.17) is 4.74 Å². The normalized spacial score (nSPS) is 13.4. The lowest BCUT2D eigenvalue weighted by Crippen LogP contribution is -2.11. The van der Waals surface area contributed by atoms with Gasteiger partial charge in [-0.3, -0.25) is 0 Å². The molecule has 0 saturated heterocycles. The third kappa shape index (κ3) is 5.60. The van der Waals surface area contributed by atoms with Gasteiger partial charge in [0.2, 0.25) is 0 Å². The zero-order valence-corrected chi connectivity index (χ0v) is 12.2. The Hall–Kier alpha value is -0.470. The molecule has 0 fully saturated rings. The summed E-state index contributed by atoms with van der Waals surface area (Å²) in [5.41, 5.74) is 1.26. The van der Waals surface area contributed by atoms with E-state index in [1.54, 1.807) is 0 Å². The van der Waals surface area contributed by atoms with Crippen LogP contribution in [0.25, 0.3) is 0 Å². The zero-order valence-electron chi connectivity index (χ0n) is 11.3. The van der Waals surface area contributed by atoms with Crippen LogP contribution < -0.4 is 0 Å². The van der Waals surface area contributed by atoms with Crippen molar-refractivity contribution in [1.82, 2.24) is 0 Å². The van der Waals surface area contributed by atoms with E-state index in [1.165, 1.54) is 5.56 Å². The van der Waals surface area contributed by atoms with E-state index in [1.807, 2.05) is 12.1 Å². The molecule has 1 aromatic carbocycles. The van der Waals surface area contributed by atoms with Crippen LogP contribution in [0.5, 0.6) is 0 Å². The van der Waals surface area contributed by atoms with E-state index >= 15 is 0 Å². The standard InChI is InChI=1S/C15H24OS/c1-11(2)9-15(16-10-12(3)4)13-5-7-14(17)8-6-13/h5-8,11-12,15,17H,9-10H2,1-4H3/t15-/m0/s1. The second-order valence-corrected chi connectivity index (χ2v) is 5.95. The second-order valence-electron chi connectivity index (χ2n) is 5.44. The van der Waals surface area contributed by atoms with Gasteiger partial charge < -0.3 is 4.74 Å². The van der Waals surface area contributed by atoms with Gasteiger partial charge in [-0.05, 0) is 36.0 Å². The number of hydrogen-bond acceptors (Lipinski definition) is 2. The van der Waals surface area contributed by atoms with Crippen molar-refractivity contribution in [2.45, 2.75) is 45.1 Å². The van der Waals surface area contributed by atoms with Crippen molar-refractivity contribution in [3.63, 3.8) is 0 Å². The SMILES string of the molecule is CC(C)CO[C@@H](CC(C)C)c1ccc(S)cc1. The van der Waals surface area contributed by atoms with E-state index in [0.717, 1.165) is 17.9 Å². The van der Waals surface area contributed by atoms with Crippen LogP contribution in [-0.2, 0) is 4.74 Å². The van der Waals surface area contributed by atoms with Gasteiger partial charge in [-0.1, -0.05) is 39.8 Å². The Morgan fingerprint density at radius 2 is 1.59 bits per heavy atom. The van der Waals surface area contributed by atoms with Gasteiger partial charge in [-0.2, -0.15) is 0 Å². The molecule has 17 heavy (non-hydrogen) atoms. The van der Waals surface area contributed by atoms with Gasteiger partial charge in [-0.15, -0.1) is 12.6 Å². The molecule has 0 radical (unpaired) electrons. The van der Waals surface area contributed by atoms with E-state index < -0.39 is 0 Å². The van der Waals surface area contributed by atoms with E-state index in [-0.39, 0.29) is 6.10 Å². The third-order valence-corrected chi connectivity index (χ3v) is 2.88. The van der Waals surface area contributed by atoms with Crippen LogP contribution in [-0.4, -0.2) is 6.61 Å². The molecular formula is C15H24OS. The van der Waals surface area contributed by atoms with Gasteiger partial charge in [0.1, 0.15) is 0 Å². The predicted molar refractivity (Wildman–Crippen MR) is 76.7 cm³/mol. The first-order valence-corrected chi connectivity index (χ1v) is 6.84. The molecule has 0 aromatic heterocycles. The van der Waals surface area contributed by atoms with Crippen LogP contribution >= 0.6 is 12.6 Å². The first-order valence-electron chi connectivity index (χ1n) is 6.39. The molecule has 0 spiro atoms. The highest BCUT2D eigenvalue weighted by Gasteiger charge is 2.14. The molecule has 0 amide bonds. The highest BCUT2D eigenvalue weighted by atomic mass is 32.1. The molecule has 1 atom stereocenters. The van der Waals surface area contributed by atoms with Crippen LogP contribution in [0.15, 0.2) is 29.2 Å². The van der Waals surface area contributed by atoms with E-state index in [0.29, 0.717) is 11.8 Å². The van der Waals surface area contributed by atoms with Gasteiger partial charge in [0, 0.05) is 11.5 Å². The maximum absolute atomic E-state index is 6.02. The largest absolute Gasteiger partial charge is 0.373 e. The number of hydrogen-bond donors (Lipinski definition) is 1. The smallest absolute Gasteiger partial charge is 0.0827 e. The molecule has 2 heteroatoms. The van der Waals surface area contributed by atoms with Crippen molar-refractivity contribution < 1.29 is 4.74 Å². The summed E-state index contributed by atoms with van der Waals surface area (Å²) in [7, 11) is 0. The maximum Gasteiger partial charge on any atom is 0.0827 e. The van der Waals surface area contributed by atoms with Gasteiger partial charge in [0.05, 0.1) is 6.10 Å². The van der Waals surface area contributed by atoms with E-state index in [2.05, 4.69) is 52.5 Å². The van der Waals surface area contributed by atoms with Gasteiger partial charge in [-0.25, -0.2) is 0 Å². The molecule has 0 saturated carbocycles. The highest BCUT2D eigenvalue weighted by Crippen LogP contribution is 2.26. The minimum atomic E-state index is 0.214. The van der Waals surface area contributed by atoms with Crippen LogP contribution in [0.2, 0.25) is 0 Å². The quantitative estimate of drug-likeness (QED) is 0.720. The monoisotopic (exact) mass is 252 g/mol. The zero-order chi connectivity index (χ0) is 12.8. The third-order valence-electron chi connectivity index (χ3n) is 2.58. The van der Waals surface area contributed by atoms with Crippen LogP contribution in [0.3, 0.4) is 0 Å². The molecule has 0 bridgehead atoms. The molecule has 0 heterocycles. The van der Waals surface area contributed by atoms with Crippen LogP contribution in [0.1, 0.15) is 45.8 Å². The Kier molecular flexibility index (Phi) is 6.07. The van der Waals surface area contributed by atoms with Crippen molar-refractivity contribution in [1.29, 1.82) is 0 Å². The van der Waals surface area contributed by atoms with Crippen LogP contribution in [0.4, 0.5) is 0 Å². The number of ether oxygens (including phenoxy) is 1. The first kappa shape index (κ1) is 14.6. The Morgan fingerprint density at radius 3 is 2.06 bits per heavy atom. The Morgan fingerprint density at radius 1 is 1.00 bits per heavy atom. The molecule has 0 aliphatic heterocycles. The Bertz CT molecular complexity index is 316. The number of thiol groups is 1. The van der Waals surface area contributed by atoms with Crippen molar-refractivity contribution in [3.05, 3.63) is 29.8 Å². The van der Waals surface area contributed by atoms with Crippen molar-refractivity contribution in [3.8, 4) is 0 Å². The lowest BCUT2D eigenvalue weighted by molar-refractivity contribution is 0.0220. The predicted octanol–water partition coefficient (Wildman–Crippen LogP) is 4.74. The fourth-order valence-corrected chi connectivity index (χ4v) is 1.88. The molecule has 0 aliphatic carbocycles. The summed E-state index contributed by atoms with van der Waals surface area (Å²) in [6.07, 6.45) is 1.28. The summed E-state index contributed by atoms with van der Waals surface area (Å²) >= 11 is 4.31. The molecule has 0 aliphatic rings. The Labute approximate surface area is 111 Å². The average Bonchev–Trinajstić information content (AvgIpc) is 2.25. The molecule has 1 aromatic rings. The minimum absolute atomic E-state index is 0.214. The Balaban J connectivity index is 2.70. The van der Waals surface area contributed by atoms with Gasteiger partial charge in [0.15, 0.2) is 0 Å². The van der Waals surface area contributed by atoms with Crippen molar-refractivity contribution >= 4 is 12.6 Å². The van der Waals surface area contributed by atoms with Crippen molar-refractivity contribution in [2.24, 2.45) is 11.8 Å². The topological polar surface area (TPSA) is 9.23 Å². The van der Waals surface area contributed by atoms with E-state index in [9.17, 15) is 0 Å². The summed E-state index contributed by atoms with van der Waals surface area (Å²) in [6, 6.07) is 8.31. The minimum Gasteiger partial charge on any atom is -0.373 e. The molecule has 96 valence electrons. The summed E-state index contributed by atoms with van der Waals surface area (Å²) < 4.78 is 6.02. The average molecular weight is 252 g/mol. The molecule has 1 nitrogen and oxygen atoms in total. The summed E-state index contributed by atoms with van der Waals surface area (Å²) in [4.78, 5) is 1.00. The highest BCUT2D eigenvalue weighted by molar-refractivity contribution is 7.80. The fraction of sp³-hybridized carbons (Fsp3) is 0.600. The van der Waals surface area contributed by atoms with Gasteiger partial charge >= 0.3 is 0 Å². The molecular weight excluding hydrogens is 228 g/mol. The molecule has 0 N–H and O–H groups in total. The first-order chi connectivity index (χ1) is 7.99. The second kappa shape index (κ2) is 7.07. The maximum atomic E-state index is 6.02. The summed E-state index contributed by atoms with van der Waals surface area (Å²) in [6.45, 7) is 9.66. The molecule has 1 rings (SSSR count). The summed E-state index contributed by atoms with van der Waals surface area (Å²) in [5.74, 6) is 1.22. The lowest BCUT2D eigenvalue weighted by Gasteiger charge is -2.21. The molecule has 0 unspecified atom stereocenters. The van der Waals surface area contributed by atoms with Crippen molar-refractivity contribution in [2.75, 3.05) is 6.61 Å². The number of benzene rings is 1. The summed E-state index contributed by atoms with van der Waals surface area (Å²) in [5, 5.41) is 0. The van der Waals surface area contributed by atoms with Crippen LogP contribution in [0, 0.1) is 11.8 Å². The number of rotatable bonds is 6. The lowest BCUT2D eigenvalue weighted by atomic mass is 9.99. The van der Waals surface area contributed by atoms with Gasteiger partial charge in [0.25, 0.3) is 0 Å². The fourth-order valence-electron chi connectivity index (χ4n) is 1.73.